The number of nitrogens with one attached hydrogen (secondary N) is 1. The zero-order valence-electron chi connectivity index (χ0n) is 11.5. The van der Waals surface area contributed by atoms with Crippen LogP contribution in [0.2, 0.25) is 0 Å². The summed E-state index contributed by atoms with van der Waals surface area (Å²) in [5, 5.41) is 49.6. The van der Waals surface area contributed by atoms with Gasteiger partial charge in [0.05, 0.1) is 12.6 Å². The van der Waals surface area contributed by atoms with Crippen LogP contribution in [-0.2, 0) is 11.2 Å². The quantitative estimate of drug-likeness (QED) is 0.296. The van der Waals surface area contributed by atoms with Crippen molar-refractivity contribution in [3.05, 3.63) is 29.8 Å². The number of phenols is 1. The highest BCUT2D eigenvalue weighted by atomic mass is 16.4. The molecule has 1 aromatic carbocycles. The third kappa shape index (κ3) is 5.07. The van der Waals surface area contributed by atoms with E-state index in [1.807, 2.05) is 0 Å². The molecule has 0 bridgehead atoms. The number of benzene rings is 1. The van der Waals surface area contributed by atoms with E-state index in [9.17, 15) is 25.2 Å². The number of phenolic OH excluding ortho intramolecular Hbond substituents is 1. The van der Waals surface area contributed by atoms with E-state index in [4.69, 9.17) is 5.11 Å². The molecule has 0 saturated heterocycles. The van der Waals surface area contributed by atoms with Crippen molar-refractivity contribution in [2.45, 2.75) is 30.8 Å². The zero-order chi connectivity index (χ0) is 15.8. The molecule has 1 aromatic rings. The molecule has 7 nitrogen and oxygen atoms in total. The molecule has 7 heteroatoms. The Morgan fingerprint density at radius 2 is 1.81 bits per heavy atom. The summed E-state index contributed by atoms with van der Waals surface area (Å²) in [6.07, 6.45) is -3.87. The van der Waals surface area contributed by atoms with Gasteiger partial charge in [0.25, 0.3) is 0 Å². The normalized spacial score (nSPS) is 17.0. The fraction of sp³-hybridized carbons (Fsp3) is 0.500. The minimum atomic E-state index is -1.64. The van der Waals surface area contributed by atoms with Crippen molar-refractivity contribution in [1.82, 2.24) is 5.32 Å². The highest BCUT2D eigenvalue weighted by molar-refractivity contribution is 5.58. The molecule has 1 rings (SSSR count). The van der Waals surface area contributed by atoms with Gasteiger partial charge in [0, 0.05) is 6.54 Å². The molecule has 0 spiro atoms. The number of hydrogen-bond donors (Lipinski definition) is 6. The molecule has 0 fully saturated rings. The van der Waals surface area contributed by atoms with Gasteiger partial charge < -0.3 is 35.6 Å². The first-order chi connectivity index (χ1) is 10.0. The second kappa shape index (κ2) is 8.71. The van der Waals surface area contributed by atoms with Gasteiger partial charge in [-0.25, -0.2) is 0 Å². The Kier molecular flexibility index (Phi) is 7.27. The van der Waals surface area contributed by atoms with E-state index in [1.54, 1.807) is 24.3 Å². The first-order valence-corrected chi connectivity index (χ1v) is 6.61. The number of aldehydes is 1. The summed E-state index contributed by atoms with van der Waals surface area (Å²) in [5.41, 5.74) is 0.681. The van der Waals surface area contributed by atoms with Gasteiger partial charge in [0.15, 0.2) is 0 Å². The number of hydrogen-bond acceptors (Lipinski definition) is 7. The van der Waals surface area contributed by atoms with Crippen LogP contribution in [0.4, 0.5) is 0 Å². The molecular formula is C14H21NO6. The van der Waals surface area contributed by atoms with E-state index in [-0.39, 0.29) is 12.3 Å². The number of carbonyl (C=O) groups excluding carboxylic acids is 1. The van der Waals surface area contributed by atoms with Crippen LogP contribution >= 0.6 is 0 Å². The Labute approximate surface area is 122 Å². The monoisotopic (exact) mass is 299 g/mol. The molecule has 0 saturated carbocycles. The SMILES string of the molecule is O=C[C@@H](NCCc1ccccc1O)[C@@H](O)[C@H](O)[C@H](O)CO. The van der Waals surface area contributed by atoms with E-state index in [0.29, 0.717) is 18.3 Å². The van der Waals surface area contributed by atoms with Gasteiger partial charge in [-0.15, -0.1) is 0 Å². The predicted octanol–water partition coefficient (Wildman–Crippen LogP) is -1.83. The van der Waals surface area contributed by atoms with Gasteiger partial charge in [-0.05, 0) is 18.1 Å². The maximum atomic E-state index is 10.9. The molecule has 0 unspecified atom stereocenters. The fourth-order valence-electron chi connectivity index (χ4n) is 1.89. The summed E-state index contributed by atoms with van der Waals surface area (Å²) in [6, 6.07) is 5.64. The molecule has 0 radical (unpaired) electrons. The summed E-state index contributed by atoms with van der Waals surface area (Å²) < 4.78 is 0. The predicted molar refractivity (Wildman–Crippen MR) is 74.8 cm³/mol. The molecule has 4 atom stereocenters. The van der Waals surface area contributed by atoms with Gasteiger partial charge in [-0.1, -0.05) is 18.2 Å². The van der Waals surface area contributed by atoms with Crippen molar-refractivity contribution in [3.8, 4) is 5.75 Å². The fourth-order valence-corrected chi connectivity index (χ4v) is 1.89. The molecule has 0 aromatic heterocycles. The van der Waals surface area contributed by atoms with Gasteiger partial charge in [-0.2, -0.15) is 0 Å². The minimum absolute atomic E-state index is 0.137. The second-order valence-corrected chi connectivity index (χ2v) is 4.73. The van der Waals surface area contributed by atoms with Gasteiger partial charge in [0.1, 0.15) is 30.3 Å². The van der Waals surface area contributed by atoms with Crippen molar-refractivity contribution in [3.63, 3.8) is 0 Å². The van der Waals surface area contributed by atoms with Crippen LogP contribution in [0.5, 0.6) is 5.75 Å². The minimum Gasteiger partial charge on any atom is -0.508 e. The number of aliphatic hydroxyl groups is 4. The van der Waals surface area contributed by atoms with E-state index in [0.717, 1.165) is 0 Å². The van der Waals surface area contributed by atoms with Gasteiger partial charge in [-0.3, -0.25) is 0 Å². The zero-order valence-corrected chi connectivity index (χ0v) is 11.5. The maximum absolute atomic E-state index is 10.9. The number of rotatable bonds is 9. The summed E-state index contributed by atoms with van der Waals surface area (Å²) in [5.74, 6) is 0.137. The Morgan fingerprint density at radius 3 is 2.38 bits per heavy atom. The van der Waals surface area contributed by atoms with E-state index in [2.05, 4.69) is 5.32 Å². The first-order valence-electron chi connectivity index (χ1n) is 6.61. The standard InChI is InChI=1S/C14H21NO6/c16-7-10(13(20)14(21)12(19)8-17)15-6-5-9-3-1-2-4-11(9)18/h1-4,7,10,12-15,17-21H,5-6,8H2/t10-,12-,13-,14-/m1/s1. The van der Waals surface area contributed by atoms with Crippen molar-refractivity contribution < 1.29 is 30.3 Å². The molecule has 0 heterocycles. The Bertz CT molecular complexity index is 441. The number of aliphatic hydroxyl groups excluding tert-OH is 4. The van der Waals surface area contributed by atoms with Crippen LogP contribution < -0.4 is 5.32 Å². The van der Waals surface area contributed by atoms with Crippen LogP contribution in [0.3, 0.4) is 0 Å². The average Bonchev–Trinajstić information content (AvgIpc) is 2.51. The first kappa shape index (κ1) is 17.5. The third-order valence-corrected chi connectivity index (χ3v) is 3.21. The van der Waals surface area contributed by atoms with Crippen LogP contribution in [0.1, 0.15) is 5.56 Å². The van der Waals surface area contributed by atoms with Crippen molar-refractivity contribution >= 4 is 6.29 Å². The van der Waals surface area contributed by atoms with E-state index < -0.39 is 31.0 Å². The van der Waals surface area contributed by atoms with Crippen molar-refractivity contribution in [1.29, 1.82) is 0 Å². The summed E-state index contributed by atoms with van der Waals surface area (Å²) in [6.45, 7) is -0.443. The lowest BCUT2D eigenvalue weighted by Gasteiger charge is -2.26. The topological polar surface area (TPSA) is 130 Å². The largest absolute Gasteiger partial charge is 0.508 e. The lowest BCUT2D eigenvalue weighted by Crippen LogP contribution is -2.52. The highest BCUT2D eigenvalue weighted by Crippen LogP contribution is 2.15. The molecule has 0 aliphatic rings. The average molecular weight is 299 g/mol. The van der Waals surface area contributed by atoms with Crippen LogP contribution in [0.15, 0.2) is 24.3 Å². The molecule has 0 amide bonds. The summed E-state index contributed by atoms with van der Waals surface area (Å²) >= 11 is 0. The Hall–Kier alpha value is -1.51. The summed E-state index contributed by atoms with van der Waals surface area (Å²) in [4.78, 5) is 10.9. The molecule has 0 aliphatic carbocycles. The lowest BCUT2D eigenvalue weighted by molar-refractivity contribution is -0.120. The number of carbonyl (C=O) groups is 1. The molecule has 6 N–H and O–H groups in total. The highest BCUT2D eigenvalue weighted by Gasteiger charge is 2.30. The second-order valence-electron chi connectivity index (χ2n) is 4.73. The lowest BCUT2D eigenvalue weighted by atomic mass is 10.0. The van der Waals surface area contributed by atoms with E-state index in [1.165, 1.54) is 0 Å². The van der Waals surface area contributed by atoms with E-state index >= 15 is 0 Å². The Balaban J connectivity index is 2.51. The molecule has 21 heavy (non-hydrogen) atoms. The number of aromatic hydroxyl groups is 1. The third-order valence-electron chi connectivity index (χ3n) is 3.21. The van der Waals surface area contributed by atoms with Crippen LogP contribution in [0.25, 0.3) is 0 Å². The van der Waals surface area contributed by atoms with Gasteiger partial charge >= 0.3 is 0 Å². The molecule has 0 aliphatic heterocycles. The van der Waals surface area contributed by atoms with Crippen molar-refractivity contribution in [2.24, 2.45) is 0 Å². The number of para-hydroxylation sites is 1. The van der Waals surface area contributed by atoms with Gasteiger partial charge in [0.2, 0.25) is 0 Å². The Morgan fingerprint density at radius 1 is 1.14 bits per heavy atom. The smallest absolute Gasteiger partial charge is 0.139 e. The van der Waals surface area contributed by atoms with Crippen molar-refractivity contribution in [2.75, 3.05) is 13.2 Å². The molecular weight excluding hydrogens is 278 g/mol. The molecule has 118 valence electrons. The summed E-state index contributed by atoms with van der Waals surface area (Å²) in [7, 11) is 0. The van der Waals surface area contributed by atoms with Crippen LogP contribution in [0, 0.1) is 0 Å². The maximum Gasteiger partial charge on any atom is 0.139 e. The van der Waals surface area contributed by atoms with Crippen LogP contribution in [-0.4, -0.2) is 69.3 Å².